The van der Waals surface area contributed by atoms with E-state index in [0.29, 0.717) is 28.7 Å². The molecule has 142 valence electrons. The Balaban J connectivity index is 1.37. The van der Waals surface area contributed by atoms with E-state index in [1.165, 1.54) is 0 Å². The fourth-order valence-corrected chi connectivity index (χ4v) is 2.57. The Morgan fingerprint density at radius 2 is 1.85 bits per heavy atom. The van der Waals surface area contributed by atoms with Crippen LogP contribution in [0.25, 0.3) is 0 Å². The third kappa shape index (κ3) is 5.27. The summed E-state index contributed by atoms with van der Waals surface area (Å²) in [5.74, 6) is 1.14. The third-order valence-corrected chi connectivity index (χ3v) is 4.34. The van der Waals surface area contributed by atoms with Crippen LogP contribution in [0.5, 0.6) is 17.2 Å². The molecule has 0 saturated carbocycles. The zero-order valence-electron chi connectivity index (χ0n) is 14.7. The van der Waals surface area contributed by atoms with Crippen molar-refractivity contribution >= 4 is 23.4 Å². The topological polar surface area (TPSA) is 85.9 Å². The quantitative estimate of drug-likeness (QED) is 0.740. The summed E-state index contributed by atoms with van der Waals surface area (Å²) >= 11 is 5.93. The van der Waals surface area contributed by atoms with E-state index in [2.05, 4.69) is 10.9 Å². The van der Waals surface area contributed by atoms with E-state index in [1.54, 1.807) is 18.2 Å². The van der Waals surface area contributed by atoms with Gasteiger partial charge in [-0.05, 0) is 54.8 Å². The first kappa shape index (κ1) is 18.8. The molecule has 0 unspecified atom stereocenters. The van der Waals surface area contributed by atoms with Crippen molar-refractivity contribution in [3.05, 3.63) is 52.5 Å². The van der Waals surface area contributed by atoms with Crippen LogP contribution in [0.2, 0.25) is 5.02 Å². The molecule has 0 aromatic heterocycles. The van der Waals surface area contributed by atoms with Crippen LogP contribution in [-0.2, 0) is 16.0 Å². The van der Waals surface area contributed by atoms with Crippen molar-refractivity contribution in [3.63, 3.8) is 0 Å². The number of hydrogen-bond acceptors (Lipinski definition) is 5. The lowest BCUT2D eigenvalue weighted by Crippen LogP contribution is -2.43. The molecule has 8 heteroatoms. The van der Waals surface area contributed by atoms with Crippen LogP contribution in [0.4, 0.5) is 0 Å². The molecule has 2 aromatic rings. The zero-order chi connectivity index (χ0) is 19.2. The summed E-state index contributed by atoms with van der Waals surface area (Å²) in [6.45, 7) is 1.84. The Kier molecular flexibility index (Phi) is 6.03. The second kappa shape index (κ2) is 8.64. The van der Waals surface area contributed by atoms with Crippen LogP contribution in [0.3, 0.4) is 0 Å². The molecule has 0 radical (unpaired) electrons. The number of carbonyl (C=O) groups is 2. The molecule has 1 aliphatic rings. The average molecular weight is 391 g/mol. The van der Waals surface area contributed by atoms with Gasteiger partial charge < -0.3 is 14.2 Å². The van der Waals surface area contributed by atoms with Gasteiger partial charge in [-0.1, -0.05) is 17.7 Å². The number of halogens is 1. The van der Waals surface area contributed by atoms with Crippen molar-refractivity contribution in [1.82, 2.24) is 10.9 Å². The van der Waals surface area contributed by atoms with Gasteiger partial charge in [0.1, 0.15) is 5.75 Å². The predicted molar refractivity (Wildman–Crippen MR) is 98.9 cm³/mol. The Hall–Kier alpha value is -2.93. The summed E-state index contributed by atoms with van der Waals surface area (Å²) < 4.78 is 15.9. The highest BCUT2D eigenvalue weighted by atomic mass is 35.5. The number of hydrazine groups is 1. The van der Waals surface area contributed by atoms with E-state index in [1.807, 2.05) is 25.1 Å². The smallest absolute Gasteiger partial charge is 0.276 e. The lowest BCUT2D eigenvalue weighted by atomic mass is 10.1. The number of rotatable bonds is 6. The molecule has 1 heterocycles. The molecule has 2 aromatic carbocycles. The molecule has 0 saturated heterocycles. The molecular weight excluding hydrogens is 372 g/mol. The molecule has 0 spiro atoms. The van der Waals surface area contributed by atoms with Gasteiger partial charge in [0, 0.05) is 11.4 Å². The maximum Gasteiger partial charge on any atom is 0.276 e. The van der Waals surface area contributed by atoms with Gasteiger partial charge >= 0.3 is 0 Å². The highest BCUT2D eigenvalue weighted by Crippen LogP contribution is 2.32. The first-order valence-corrected chi connectivity index (χ1v) is 8.74. The van der Waals surface area contributed by atoms with Crippen molar-refractivity contribution in [2.75, 3.05) is 13.4 Å². The molecule has 27 heavy (non-hydrogen) atoms. The summed E-state index contributed by atoms with van der Waals surface area (Å²) in [4.78, 5) is 23.6. The Morgan fingerprint density at radius 1 is 1.07 bits per heavy atom. The Morgan fingerprint density at radius 3 is 2.67 bits per heavy atom. The number of fused-ring (bicyclic) bond motifs is 1. The van der Waals surface area contributed by atoms with Crippen molar-refractivity contribution < 1.29 is 23.8 Å². The number of carbonyl (C=O) groups excluding carboxylic acids is 2. The van der Waals surface area contributed by atoms with Gasteiger partial charge in [0.25, 0.3) is 5.91 Å². The van der Waals surface area contributed by atoms with Crippen LogP contribution >= 0.6 is 11.6 Å². The van der Waals surface area contributed by atoms with Crippen LogP contribution in [0.1, 0.15) is 17.5 Å². The van der Waals surface area contributed by atoms with Gasteiger partial charge in [-0.15, -0.1) is 0 Å². The summed E-state index contributed by atoms with van der Waals surface area (Å²) in [5, 5.41) is 0.626. The number of benzene rings is 2. The molecule has 2 N–H and O–H groups in total. The van der Waals surface area contributed by atoms with E-state index in [4.69, 9.17) is 25.8 Å². The fourth-order valence-electron chi connectivity index (χ4n) is 2.45. The molecule has 0 bridgehead atoms. The van der Waals surface area contributed by atoms with Gasteiger partial charge in [0.05, 0.1) is 0 Å². The van der Waals surface area contributed by atoms with Gasteiger partial charge in [-0.25, -0.2) is 0 Å². The lowest BCUT2D eigenvalue weighted by molar-refractivity contribution is -0.130. The van der Waals surface area contributed by atoms with E-state index < -0.39 is 5.91 Å². The summed E-state index contributed by atoms with van der Waals surface area (Å²) in [6.07, 6.45) is 0.732. The van der Waals surface area contributed by atoms with Gasteiger partial charge in [-0.3, -0.25) is 20.4 Å². The van der Waals surface area contributed by atoms with Crippen LogP contribution in [0, 0.1) is 6.92 Å². The number of hydrogen-bond donors (Lipinski definition) is 2. The van der Waals surface area contributed by atoms with Gasteiger partial charge in [-0.2, -0.15) is 0 Å². The van der Waals surface area contributed by atoms with Crippen LogP contribution < -0.4 is 25.1 Å². The molecule has 2 amide bonds. The molecule has 1 aliphatic heterocycles. The average Bonchev–Trinajstić information content (AvgIpc) is 3.13. The minimum Gasteiger partial charge on any atom is -0.484 e. The highest BCUT2D eigenvalue weighted by Gasteiger charge is 2.14. The summed E-state index contributed by atoms with van der Waals surface area (Å²) in [6, 6.07) is 10.6. The predicted octanol–water partition coefficient (Wildman–Crippen LogP) is 2.54. The number of aryl methyl sites for hydroxylation is 2. The summed E-state index contributed by atoms with van der Waals surface area (Å²) in [5.41, 5.74) is 6.49. The fraction of sp³-hybridized carbons (Fsp3) is 0.263. The molecule has 3 rings (SSSR count). The monoisotopic (exact) mass is 390 g/mol. The van der Waals surface area contributed by atoms with E-state index in [-0.39, 0.29) is 25.7 Å². The van der Waals surface area contributed by atoms with Crippen molar-refractivity contribution in [2.24, 2.45) is 0 Å². The maximum atomic E-state index is 11.9. The van der Waals surface area contributed by atoms with Crippen LogP contribution in [-0.4, -0.2) is 25.2 Å². The first-order valence-electron chi connectivity index (χ1n) is 8.36. The zero-order valence-corrected chi connectivity index (χ0v) is 15.5. The largest absolute Gasteiger partial charge is 0.484 e. The number of nitrogens with one attached hydrogen (secondary N) is 2. The van der Waals surface area contributed by atoms with Crippen molar-refractivity contribution in [1.29, 1.82) is 0 Å². The number of ether oxygens (including phenoxy) is 3. The molecule has 0 fully saturated rings. The van der Waals surface area contributed by atoms with E-state index in [0.717, 1.165) is 11.1 Å². The van der Waals surface area contributed by atoms with Crippen molar-refractivity contribution in [3.8, 4) is 17.2 Å². The Labute approximate surface area is 161 Å². The minimum absolute atomic E-state index is 0.211. The molecule has 0 aliphatic carbocycles. The normalized spacial score (nSPS) is 11.8. The first-order chi connectivity index (χ1) is 13.0. The maximum absolute atomic E-state index is 11.9. The molecular formula is C19H19ClN2O5. The molecule has 0 atom stereocenters. The van der Waals surface area contributed by atoms with Crippen molar-refractivity contribution in [2.45, 2.75) is 19.8 Å². The van der Waals surface area contributed by atoms with E-state index in [9.17, 15) is 9.59 Å². The van der Waals surface area contributed by atoms with E-state index >= 15 is 0 Å². The standard InChI is InChI=1S/C19H19ClN2O5/c1-12-8-14(4-5-15(12)20)25-10-19(24)22-21-18(23)7-3-13-2-6-16-17(9-13)27-11-26-16/h2,4-6,8-9H,3,7,10-11H2,1H3,(H,21,23)(H,22,24). The highest BCUT2D eigenvalue weighted by molar-refractivity contribution is 6.31. The minimum atomic E-state index is -0.459. The lowest BCUT2D eigenvalue weighted by Gasteiger charge is -2.10. The second-order valence-corrected chi connectivity index (χ2v) is 6.39. The van der Waals surface area contributed by atoms with Crippen LogP contribution in [0.15, 0.2) is 36.4 Å². The third-order valence-electron chi connectivity index (χ3n) is 3.92. The number of amides is 2. The Bertz CT molecular complexity index is 856. The SMILES string of the molecule is Cc1cc(OCC(=O)NNC(=O)CCc2ccc3c(c2)OCO3)ccc1Cl. The summed E-state index contributed by atoms with van der Waals surface area (Å²) in [7, 11) is 0. The molecule has 7 nitrogen and oxygen atoms in total. The van der Waals surface area contributed by atoms with Gasteiger partial charge in [0.15, 0.2) is 18.1 Å². The van der Waals surface area contributed by atoms with Gasteiger partial charge in [0.2, 0.25) is 12.7 Å². The second-order valence-electron chi connectivity index (χ2n) is 5.98.